The van der Waals surface area contributed by atoms with Crippen LogP contribution in [-0.4, -0.2) is 12.5 Å². The van der Waals surface area contributed by atoms with E-state index in [1.54, 1.807) is 0 Å². The highest BCUT2D eigenvalue weighted by Crippen LogP contribution is 2.42. The minimum atomic E-state index is 0. The summed E-state index contributed by atoms with van der Waals surface area (Å²) in [6.45, 7) is 0. The summed E-state index contributed by atoms with van der Waals surface area (Å²) in [6.07, 6.45) is 2.26. The first-order chi connectivity index (χ1) is 9.70. The maximum absolute atomic E-state index is 6.17. The van der Waals surface area contributed by atoms with Gasteiger partial charge in [-0.15, -0.1) is 12.4 Å². The van der Waals surface area contributed by atoms with Crippen molar-refractivity contribution in [3.05, 3.63) is 69.2 Å². The number of hydrogen-bond acceptors (Lipinski definition) is 1. The molecule has 120 valence electrons. The lowest BCUT2D eigenvalue weighted by molar-refractivity contribution is 0.471. The fraction of sp³-hybridized carbons (Fsp3) is 0.294. The van der Waals surface area contributed by atoms with Crippen LogP contribution in [0.5, 0.6) is 0 Å². The molecular weight excluding hydrogens is 341 g/mol. The van der Waals surface area contributed by atoms with Crippen LogP contribution in [0.1, 0.15) is 41.5 Å². The van der Waals surface area contributed by atoms with Crippen molar-refractivity contribution >= 4 is 35.6 Å². The Kier molecular flexibility index (Phi) is 7.17. The maximum Gasteiger partial charge on any atom is 0.0595 e. The SMILES string of the molecule is CN[C@H]1CC[C@@H](c2ccc(Cl)c(Cl)c2)c2ccccc21.Cl.O. The van der Waals surface area contributed by atoms with Crippen LogP contribution in [0.3, 0.4) is 0 Å². The second-order valence-electron chi connectivity index (χ2n) is 5.27. The molecule has 1 aliphatic carbocycles. The standard InChI is InChI=1S/C17H17Cl2N.ClH.H2O/c1-20-17-9-7-12(13-4-2-3-5-14(13)17)11-6-8-15(18)16(19)10-11;;/h2-6,8,10,12,17,20H,7,9H2,1H3;1H;1H2/t12-,17-;;/m0../s1. The molecule has 3 N–H and O–H groups in total. The molecule has 0 aliphatic heterocycles. The van der Waals surface area contributed by atoms with Gasteiger partial charge in [0, 0.05) is 12.0 Å². The van der Waals surface area contributed by atoms with Gasteiger partial charge in [0.15, 0.2) is 0 Å². The van der Waals surface area contributed by atoms with Crippen molar-refractivity contribution in [2.75, 3.05) is 7.05 Å². The van der Waals surface area contributed by atoms with Gasteiger partial charge in [0.05, 0.1) is 10.0 Å². The summed E-state index contributed by atoms with van der Waals surface area (Å²) in [7, 11) is 2.03. The van der Waals surface area contributed by atoms with Crippen LogP contribution >= 0.6 is 35.6 Å². The Morgan fingerprint density at radius 2 is 1.64 bits per heavy atom. The highest BCUT2D eigenvalue weighted by molar-refractivity contribution is 6.42. The molecule has 0 spiro atoms. The van der Waals surface area contributed by atoms with Crippen LogP contribution in [0, 0.1) is 0 Å². The predicted molar refractivity (Wildman–Crippen MR) is 96.6 cm³/mol. The van der Waals surface area contributed by atoms with Gasteiger partial charge in [-0.05, 0) is 48.7 Å². The van der Waals surface area contributed by atoms with Gasteiger partial charge in [-0.2, -0.15) is 0 Å². The number of nitrogens with one attached hydrogen (secondary N) is 1. The minimum Gasteiger partial charge on any atom is -0.412 e. The molecule has 2 aromatic carbocycles. The summed E-state index contributed by atoms with van der Waals surface area (Å²) in [5.74, 6) is 0.408. The van der Waals surface area contributed by atoms with Crippen LogP contribution in [0.15, 0.2) is 42.5 Å². The van der Waals surface area contributed by atoms with Crippen LogP contribution < -0.4 is 5.32 Å². The molecule has 0 amide bonds. The van der Waals surface area contributed by atoms with Gasteiger partial charge in [-0.3, -0.25) is 0 Å². The van der Waals surface area contributed by atoms with E-state index in [1.165, 1.54) is 16.7 Å². The largest absolute Gasteiger partial charge is 0.412 e. The maximum atomic E-state index is 6.17. The van der Waals surface area contributed by atoms with Crippen LogP contribution in [0.2, 0.25) is 10.0 Å². The molecule has 0 bridgehead atoms. The van der Waals surface area contributed by atoms with Gasteiger partial charge >= 0.3 is 0 Å². The Morgan fingerprint density at radius 3 is 2.27 bits per heavy atom. The van der Waals surface area contributed by atoms with E-state index >= 15 is 0 Å². The number of rotatable bonds is 2. The van der Waals surface area contributed by atoms with E-state index in [2.05, 4.69) is 35.6 Å². The third kappa shape index (κ3) is 3.58. The van der Waals surface area contributed by atoms with Crippen LogP contribution in [0.25, 0.3) is 0 Å². The van der Waals surface area contributed by atoms with E-state index < -0.39 is 0 Å². The van der Waals surface area contributed by atoms with Crippen LogP contribution in [0.4, 0.5) is 0 Å². The highest BCUT2D eigenvalue weighted by atomic mass is 35.5. The molecule has 0 heterocycles. The summed E-state index contributed by atoms with van der Waals surface area (Å²) >= 11 is 12.2. The Morgan fingerprint density at radius 1 is 0.955 bits per heavy atom. The van der Waals surface area contributed by atoms with Crippen LogP contribution in [-0.2, 0) is 0 Å². The number of halogens is 3. The van der Waals surface area contributed by atoms with Gasteiger partial charge in [0.1, 0.15) is 0 Å². The smallest absolute Gasteiger partial charge is 0.0595 e. The summed E-state index contributed by atoms with van der Waals surface area (Å²) in [5, 5.41) is 4.66. The zero-order chi connectivity index (χ0) is 14.1. The molecule has 3 rings (SSSR count). The summed E-state index contributed by atoms with van der Waals surface area (Å²) < 4.78 is 0. The average Bonchev–Trinajstić information content (AvgIpc) is 2.49. The summed E-state index contributed by atoms with van der Waals surface area (Å²) in [5.41, 5.74) is 4.05. The Balaban J connectivity index is 0.00000121. The molecule has 0 saturated heterocycles. The van der Waals surface area contributed by atoms with E-state index in [0.717, 1.165) is 12.8 Å². The first-order valence-electron chi connectivity index (χ1n) is 6.91. The second kappa shape index (κ2) is 8.19. The van der Waals surface area contributed by atoms with Gasteiger partial charge < -0.3 is 10.8 Å². The Bertz CT molecular complexity index is 633. The van der Waals surface area contributed by atoms with Crippen molar-refractivity contribution in [1.29, 1.82) is 0 Å². The quantitative estimate of drug-likeness (QED) is 0.823. The molecule has 1 aliphatic rings. The normalized spacial score (nSPS) is 19.6. The van der Waals surface area contributed by atoms with Crippen molar-refractivity contribution in [2.45, 2.75) is 24.8 Å². The minimum absolute atomic E-state index is 0. The van der Waals surface area contributed by atoms with Gasteiger partial charge in [0.25, 0.3) is 0 Å². The first kappa shape index (κ1) is 19.3. The molecule has 0 fully saturated rings. The molecule has 0 aromatic heterocycles. The lowest BCUT2D eigenvalue weighted by Gasteiger charge is -2.32. The van der Waals surface area contributed by atoms with Crippen molar-refractivity contribution in [1.82, 2.24) is 5.32 Å². The van der Waals surface area contributed by atoms with Gasteiger partial charge in [0.2, 0.25) is 0 Å². The zero-order valence-electron chi connectivity index (χ0n) is 12.3. The van der Waals surface area contributed by atoms with E-state index in [-0.39, 0.29) is 17.9 Å². The summed E-state index contributed by atoms with van der Waals surface area (Å²) in [4.78, 5) is 0. The number of benzene rings is 2. The van der Waals surface area contributed by atoms with Gasteiger partial charge in [-0.1, -0.05) is 53.5 Å². The van der Waals surface area contributed by atoms with Gasteiger partial charge in [-0.25, -0.2) is 0 Å². The van der Waals surface area contributed by atoms with Crippen molar-refractivity contribution in [2.24, 2.45) is 0 Å². The average molecular weight is 361 g/mol. The lowest BCUT2D eigenvalue weighted by Crippen LogP contribution is -2.24. The van der Waals surface area contributed by atoms with Crippen molar-refractivity contribution < 1.29 is 5.48 Å². The van der Waals surface area contributed by atoms with E-state index in [0.29, 0.717) is 22.0 Å². The van der Waals surface area contributed by atoms with E-state index in [1.807, 2.05) is 19.2 Å². The third-order valence-electron chi connectivity index (χ3n) is 4.19. The molecule has 2 nitrogen and oxygen atoms in total. The molecule has 5 heteroatoms. The molecule has 0 radical (unpaired) electrons. The monoisotopic (exact) mass is 359 g/mol. The molecule has 2 aromatic rings. The second-order valence-corrected chi connectivity index (χ2v) is 6.09. The Labute approximate surface area is 147 Å². The lowest BCUT2D eigenvalue weighted by atomic mass is 9.77. The Hall–Kier alpha value is -0.770. The molecule has 0 unspecified atom stereocenters. The molecule has 2 atom stereocenters. The fourth-order valence-electron chi connectivity index (χ4n) is 3.17. The van der Waals surface area contributed by atoms with E-state index in [4.69, 9.17) is 23.2 Å². The third-order valence-corrected chi connectivity index (χ3v) is 4.92. The highest BCUT2D eigenvalue weighted by Gasteiger charge is 2.27. The van der Waals surface area contributed by atoms with E-state index in [9.17, 15) is 0 Å². The topological polar surface area (TPSA) is 43.5 Å². The summed E-state index contributed by atoms with van der Waals surface area (Å²) in [6, 6.07) is 15.1. The zero-order valence-corrected chi connectivity index (χ0v) is 14.6. The fourth-order valence-corrected chi connectivity index (χ4v) is 3.47. The number of hydrogen-bond donors (Lipinski definition) is 1. The predicted octanol–water partition coefficient (Wildman–Crippen LogP) is 4.78. The molecule has 0 saturated carbocycles. The van der Waals surface area contributed by atoms with Crippen molar-refractivity contribution in [3.8, 4) is 0 Å². The molecule has 22 heavy (non-hydrogen) atoms. The first-order valence-corrected chi connectivity index (χ1v) is 7.67. The van der Waals surface area contributed by atoms with Crippen molar-refractivity contribution in [3.63, 3.8) is 0 Å². The number of fused-ring (bicyclic) bond motifs is 1. The molecular formula is C17H20Cl3NO.